The third-order valence-electron chi connectivity index (χ3n) is 9.92. The molecule has 0 amide bonds. The zero-order valence-electron chi connectivity index (χ0n) is 21.6. The number of allylic oxidation sites excluding steroid dienone is 2. The monoisotopic (exact) mass is 503 g/mol. The number of ether oxygens (including phenoxy) is 2. The maximum Gasteiger partial charge on any atom is 0.346 e. The lowest BCUT2D eigenvalue weighted by molar-refractivity contribution is -0.208. The fourth-order valence-corrected chi connectivity index (χ4v) is 8.22. The minimum Gasteiger partial charge on any atom is -0.478 e. The standard InChI is InChI=1S/C30H33NO6/c1-17(2)20-9-11-28(4)23(29(20)12-10-24(32)35-16-29)8-7-18(3)30(28)26(33)25-22(37-30)14-21(36-27(25)34)19-6-5-13-31-15-19/h5-7,13-15,20,23,26,33H,1,8-12,16H2,2-4H3/t20-,23-,26-,28+,29+,30+/m0/s1. The van der Waals surface area contributed by atoms with Gasteiger partial charge in [0.2, 0.25) is 0 Å². The van der Waals surface area contributed by atoms with Crippen molar-refractivity contribution in [2.24, 2.45) is 22.7 Å². The average molecular weight is 504 g/mol. The molecule has 1 saturated carbocycles. The highest BCUT2D eigenvalue weighted by Crippen LogP contribution is 2.70. The summed E-state index contributed by atoms with van der Waals surface area (Å²) in [6.07, 6.45) is 7.73. The Kier molecular flexibility index (Phi) is 5.33. The molecule has 1 saturated heterocycles. The predicted molar refractivity (Wildman–Crippen MR) is 137 cm³/mol. The number of hydrogen-bond acceptors (Lipinski definition) is 7. The van der Waals surface area contributed by atoms with Gasteiger partial charge in [0.1, 0.15) is 23.2 Å². The van der Waals surface area contributed by atoms with Crippen LogP contribution in [0.25, 0.3) is 11.3 Å². The van der Waals surface area contributed by atoms with Gasteiger partial charge in [0.25, 0.3) is 0 Å². The molecule has 7 nitrogen and oxygen atoms in total. The highest BCUT2D eigenvalue weighted by atomic mass is 16.5. The maximum atomic E-state index is 13.3. The molecule has 6 rings (SSSR count). The number of aliphatic hydroxyl groups is 1. The Morgan fingerprint density at radius 3 is 2.76 bits per heavy atom. The molecular weight excluding hydrogens is 470 g/mol. The van der Waals surface area contributed by atoms with Crippen LogP contribution in [0.3, 0.4) is 0 Å². The first-order valence-corrected chi connectivity index (χ1v) is 13.1. The third kappa shape index (κ3) is 3.13. The number of esters is 1. The second-order valence-electron chi connectivity index (χ2n) is 11.6. The Morgan fingerprint density at radius 2 is 2.08 bits per heavy atom. The molecule has 0 aromatic carbocycles. The number of rotatable bonds is 2. The average Bonchev–Trinajstić information content (AvgIpc) is 3.18. The number of carbonyl (C=O) groups is 1. The predicted octanol–water partition coefficient (Wildman–Crippen LogP) is 5.15. The van der Waals surface area contributed by atoms with Crippen LogP contribution >= 0.6 is 0 Å². The summed E-state index contributed by atoms with van der Waals surface area (Å²) in [6.45, 7) is 10.9. The minimum absolute atomic E-state index is 0.0565. The SMILES string of the molecule is C=C(C)[C@@H]1CC[C@]2(C)[C@H](CC=C(C)[C@]23Oc2cc(-c4cccnc4)oc(=O)c2[C@@H]3O)[C@@]12CCC(=O)OC2. The van der Waals surface area contributed by atoms with Crippen LogP contribution in [0.2, 0.25) is 0 Å². The summed E-state index contributed by atoms with van der Waals surface area (Å²) >= 11 is 0. The van der Waals surface area contributed by atoms with Crippen molar-refractivity contribution in [1.29, 1.82) is 0 Å². The van der Waals surface area contributed by atoms with Gasteiger partial charge in [-0.25, -0.2) is 4.79 Å². The number of nitrogens with zero attached hydrogens (tertiary/aromatic N) is 1. The van der Waals surface area contributed by atoms with Crippen molar-refractivity contribution in [2.45, 2.75) is 64.6 Å². The van der Waals surface area contributed by atoms with E-state index in [9.17, 15) is 14.7 Å². The van der Waals surface area contributed by atoms with Gasteiger partial charge in [-0.15, -0.1) is 0 Å². The Labute approximate surface area is 216 Å². The van der Waals surface area contributed by atoms with Crippen LogP contribution in [0, 0.1) is 22.7 Å². The lowest BCUT2D eigenvalue weighted by Crippen LogP contribution is -2.66. The summed E-state index contributed by atoms with van der Waals surface area (Å²) in [5.74, 6) is 0.790. The maximum absolute atomic E-state index is 13.3. The van der Waals surface area contributed by atoms with E-state index in [1.54, 1.807) is 24.5 Å². The van der Waals surface area contributed by atoms with Gasteiger partial charge in [-0.2, -0.15) is 0 Å². The number of aliphatic hydroxyl groups excluding tert-OH is 1. The van der Waals surface area contributed by atoms with E-state index in [-0.39, 0.29) is 28.8 Å². The summed E-state index contributed by atoms with van der Waals surface area (Å²) in [5.41, 5.74) is 0.263. The zero-order valence-corrected chi connectivity index (χ0v) is 21.6. The van der Waals surface area contributed by atoms with Crippen molar-refractivity contribution in [2.75, 3.05) is 6.61 Å². The second-order valence-corrected chi connectivity index (χ2v) is 11.6. The molecule has 2 fully saturated rings. The normalized spacial score (nSPS) is 36.4. The van der Waals surface area contributed by atoms with Gasteiger partial charge in [0.15, 0.2) is 5.60 Å². The van der Waals surface area contributed by atoms with Crippen molar-refractivity contribution in [3.8, 4) is 17.1 Å². The van der Waals surface area contributed by atoms with Crippen molar-refractivity contribution in [1.82, 2.24) is 4.98 Å². The molecule has 6 atom stereocenters. The molecule has 4 aliphatic rings. The molecule has 37 heavy (non-hydrogen) atoms. The van der Waals surface area contributed by atoms with E-state index < -0.39 is 22.7 Å². The molecule has 0 bridgehead atoms. The van der Waals surface area contributed by atoms with Crippen molar-refractivity contribution >= 4 is 5.97 Å². The lowest BCUT2D eigenvalue weighted by Gasteiger charge is -2.65. The number of hydrogen-bond donors (Lipinski definition) is 1. The van der Waals surface area contributed by atoms with Gasteiger partial charge in [-0.1, -0.05) is 25.2 Å². The van der Waals surface area contributed by atoms with Crippen LogP contribution in [-0.2, 0) is 9.53 Å². The second kappa shape index (κ2) is 8.15. The van der Waals surface area contributed by atoms with Crippen LogP contribution in [0.15, 0.2) is 63.6 Å². The van der Waals surface area contributed by atoms with E-state index >= 15 is 0 Å². The van der Waals surface area contributed by atoms with Gasteiger partial charge < -0.3 is 19.0 Å². The molecule has 2 aromatic rings. The number of carbonyl (C=O) groups excluding carboxylic acids is 1. The Hall–Kier alpha value is -3.19. The number of aromatic nitrogens is 1. The van der Waals surface area contributed by atoms with Gasteiger partial charge >= 0.3 is 11.6 Å². The van der Waals surface area contributed by atoms with E-state index in [0.29, 0.717) is 36.5 Å². The van der Waals surface area contributed by atoms with E-state index in [1.165, 1.54) is 0 Å². The summed E-state index contributed by atoms with van der Waals surface area (Å²) < 4.78 is 18.2. The van der Waals surface area contributed by atoms with Gasteiger partial charge in [-0.05, 0) is 69.1 Å². The van der Waals surface area contributed by atoms with Gasteiger partial charge in [0.05, 0.1) is 6.61 Å². The Bertz CT molecular complexity index is 1370. The van der Waals surface area contributed by atoms with E-state index in [4.69, 9.17) is 13.9 Å². The van der Waals surface area contributed by atoms with E-state index in [1.807, 2.05) is 13.0 Å². The molecular formula is C30H33NO6. The largest absolute Gasteiger partial charge is 0.478 e. The number of fused-ring (bicyclic) bond motifs is 4. The molecule has 1 N–H and O–H groups in total. The highest BCUT2D eigenvalue weighted by molar-refractivity contribution is 5.70. The first kappa shape index (κ1) is 24.2. The zero-order chi connectivity index (χ0) is 26.2. The van der Waals surface area contributed by atoms with Crippen molar-refractivity contribution in [3.05, 3.63) is 70.4 Å². The molecule has 7 heteroatoms. The summed E-state index contributed by atoms with van der Waals surface area (Å²) in [5, 5.41) is 11.9. The van der Waals surface area contributed by atoms with Crippen LogP contribution < -0.4 is 10.4 Å². The molecule has 0 radical (unpaired) electrons. The minimum atomic E-state index is -1.18. The topological polar surface area (TPSA) is 98.9 Å². The van der Waals surface area contributed by atoms with Gasteiger partial charge in [0, 0.05) is 41.3 Å². The van der Waals surface area contributed by atoms with Gasteiger partial charge in [-0.3, -0.25) is 9.78 Å². The fourth-order valence-electron chi connectivity index (χ4n) is 8.22. The third-order valence-corrected chi connectivity index (χ3v) is 9.92. The Balaban J connectivity index is 1.49. The summed E-state index contributed by atoms with van der Waals surface area (Å²) in [7, 11) is 0. The first-order valence-electron chi connectivity index (χ1n) is 13.1. The number of cyclic esters (lactones) is 1. The molecule has 0 unspecified atom stereocenters. The molecule has 2 aliphatic carbocycles. The van der Waals surface area contributed by atoms with Crippen LogP contribution in [-0.4, -0.2) is 28.3 Å². The fraction of sp³-hybridized carbons (Fsp3) is 0.500. The molecule has 2 aliphatic heterocycles. The molecule has 194 valence electrons. The van der Waals surface area contributed by atoms with Crippen molar-refractivity contribution < 1.29 is 23.8 Å². The lowest BCUT2D eigenvalue weighted by atomic mass is 9.41. The molecule has 4 heterocycles. The van der Waals surface area contributed by atoms with E-state index in [2.05, 4.69) is 31.5 Å². The smallest absolute Gasteiger partial charge is 0.346 e. The molecule has 2 aromatic heterocycles. The molecule has 2 spiro atoms. The summed E-state index contributed by atoms with van der Waals surface area (Å²) in [4.78, 5) is 29.5. The Morgan fingerprint density at radius 1 is 1.27 bits per heavy atom. The van der Waals surface area contributed by atoms with Crippen LogP contribution in [0.1, 0.15) is 64.5 Å². The summed E-state index contributed by atoms with van der Waals surface area (Å²) in [6, 6.07) is 5.29. The highest BCUT2D eigenvalue weighted by Gasteiger charge is 2.71. The van der Waals surface area contributed by atoms with E-state index in [0.717, 1.165) is 30.4 Å². The quantitative estimate of drug-likeness (QED) is 0.447. The van der Waals surface area contributed by atoms with Crippen molar-refractivity contribution in [3.63, 3.8) is 0 Å². The van der Waals surface area contributed by atoms with Crippen LogP contribution in [0.4, 0.5) is 0 Å². The number of pyridine rings is 1. The first-order chi connectivity index (χ1) is 17.6. The van der Waals surface area contributed by atoms with Crippen LogP contribution in [0.5, 0.6) is 5.75 Å².